The first-order valence-corrected chi connectivity index (χ1v) is 10.4. The highest BCUT2D eigenvalue weighted by Crippen LogP contribution is 2.47. The summed E-state index contributed by atoms with van der Waals surface area (Å²) in [5.41, 5.74) is 10.3. The first kappa shape index (κ1) is 17.3. The van der Waals surface area contributed by atoms with E-state index in [1.165, 1.54) is 40.7 Å². The summed E-state index contributed by atoms with van der Waals surface area (Å²) in [6.45, 7) is 3.93. The summed E-state index contributed by atoms with van der Waals surface area (Å²) in [4.78, 5) is 0. The van der Waals surface area contributed by atoms with Crippen molar-refractivity contribution in [3.05, 3.63) is 113 Å². The third-order valence-corrected chi connectivity index (χ3v) is 6.48. The fourth-order valence-corrected chi connectivity index (χ4v) is 5.17. The van der Waals surface area contributed by atoms with Gasteiger partial charge in [0.1, 0.15) is 0 Å². The summed E-state index contributed by atoms with van der Waals surface area (Å²) in [6.07, 6.45) is 11.4. The molecule has 2 aliphatic carbocycles. The number of hydrogen-bond donors (Lipinski definition) is 0. The molecule has 3 aromatic carbocycles. The molecule has 0 N–H and O–H groups in total. The molecule has 5 rings (SSSR count). The Morgan fingerprint density at radius 3 is 2.68 bits per heavy atom. The monoisotopic (exact) mass is 362 g/mol. The normalized spacial score (nSPS) is 17.1. The Bertz CT molecular complexity index is 1050. The second kappa shape index (κ2) is 7.28. The van der Waals surface area contributed by atoms with Crippen molar-refractivity contribution in [1.82, 2.24) is 0 Å². The van der Waals surface area contributed by atoms with E-state index in [2.05, 4.69) is 91.5 Å². The third kappa shape index (κ3) is 2.85. The number of allylic oxidation sites excluding steroid dienone is 2. The molecule has 0 spiro atoms. The molecule has 3 aromatic rings. The van der Waals surface area contributed by atoms with Crippen LogP contribution in [0.1, 0.15) is 58.9 Å². The summed E-state index contributed by atoms with van der Waals surface area (Å²) in [6, 6.07) is 24.8. The van der Waals surface area contributed by atoms with E-state index in [1.807, 2.05) is 0 Å². The van der Waals surface area contributed by atoms with Crippen LogP contribution in [0.5, 0.6) is 0 Å². The van der Waals surface area contributed by atoms with Gasteiger partial charge in [0.15, 0.2) is 0 Å². The molecule has 138 valence electrons. The number of unbranched alkanes of at least 4 members (excludes halogenated alkanes) is 1. The summed E-state index contributed by atoms with van der Waals surface area (Å²) in [5, 5.41) is 0. The Labute approximate surface area is 168 Å². The van der Waals surface area contributed by atoms with Gasteiger partial charge in [-0.05, 0) is 70.5 Å². The van der Waals surface area contributed by atoms with Gasteiger partial charge in [-0.2, -0.15) is 0 Å². The van der Waals surface area contributed by atoms with E-state index in [0.717, 1.165) is 12.8 Å². The van der Waals surface area contributed by atoms with Gasteiger partial charge in [0.2, 0.25) is 0 Å². The lowest BCUT2D eigenvalue weighted by Crippen LogP contribution is -2.11. The maximum absolute atomic E-state index is 3.93. The van der Waals surface area contributed by atoms with Crippen LogP contribution in [-0.4, -0.2) is 0 Å². The summed E-state index contributed by atoms with van der Waals surface area (Å²) < 4.78 is 0. The van der Waals surface area contributed by atoms with Crippen molar-refractivity contribution >= 4 is 6.08 Å². The van der Waals surface area contributed by atoms with Gasteiger partial charge in [-0.3, -0.25) is 0 Å². The molecule has 28 heavy (non-hydrogen) atoms. The fourth-order valence-electron chi connectivity index (χ4n) is 5.17. The minimum Gasteiger partial charge on any atom is -0.103 e. The Morgan fingerprint density at radius 2 is 1.75 bits per heavy atom. The molecular weight excluding hydrogens is 336 g/mol. The summed E-state index contributed by atoms with van der Waals surface area (Å²) >= 11 is 0. The Balaban J connectivity index is 1.58. The minimum atomic E-state index is 0.469. The number of benzene rings is 3. The predicted octanol–water partition coefficient (Wildman–Crippen LogP) is 7.51. The largest absolute Gasteiger partial charge is 0.103 e. The van der Waals surface area contributed by atoms with E-state index in [9.17, 15) is 0 Å². The quantitative estimate of drug-likeness (QED) is 0.246. The van der Waals surface area contributed by atoms with Crippen LogP contribution in [0.2, 0.25) is 0 Å². The molecule has 0 fully saturated rings. The highest BCUT2D eigenvalue weighted by molar-refractivity contribution is 5.78. The second-order valence-electron chi connectivity index (χ2n) is 8.05. The van der Waals surface area contributed by atoms with Crippen LogP contribution in [-0.2, 0) is 6.42 Å². The van der Waals surface area contributed by atoms with Gasteiger partial charge in [-0.25, -0.2) is 0 Å². The lowest BCUT2D eigenvalue weighted by molar-refractivity contribution is 0.550. The van der Waals surface area contributed by atoms with E-state index < -0.39 is 0 Å². The van der Waals surface area contributed by atoms with Crippen LogP contribution in [0, 0.1) is 0 Å². The van der Waals surface area contributed by atoms with E-state index in [0.29, 0.717) is 11.8 Å². The van der Waals surface area contributed by atoms with Crippen molar-refractivity contribution < 1.29 is 0 Å². The second-order valence-corrected chi connectivity index (χ2v) is 8.05. The zero-order chi connectivity index (χ0) is 18.9. The molecule has 0 heterocycles. The van der Waals surface area contributed by atoms with Crippen LogP contribution in [0.25, 0.3) is 17.2 Å². The standard InChI is InChI=1S/C28H26/c1-2-3-4-14-25(27-18-17-20-10-5-7-12-22(20)27)26-16-9-15-24-23-13-8-6-11-21(23)19-28(24)26/h2,5-13,15-18,25,27H,1,3-4,14,19H2. The SMILES string of the molecule is C=CCCCC(c1cccc2c1Cc1ccccc1-2)C1C=Cc2ccccc21. The smallest absolute Gasteiger partial charge is 0.00960 e. The van der Waals surface area contributed by atoms with Crippen molar-refractivity contribution in [2.24, 2.45) is 0 Å². The Kier molecular flexibility index (Phi) is 4.49. The minimum absolute atomic E-state index is 0.469. The molecule has 0 radical (unpaired) electrons. The average Bonchev–Trinajstić information content (AvgIpc) is 3.33. The van der Waals surface area contributed by atoms with E-state index >= 15 is 0 Å². The molecule has 2 unspecified atom stereocenters. The first-order valence-electron chi connectivity index (χ1n) is 10.4. The topological polar surface area (TPSA) is 0 Å². The highest BCUT2D eigenvalue weighted by Gasteiger charge is 2.31. The third-order valence-electron chi connectivity index (χ3n) is 6.48. The van der Waals surface area contributed by atoms with Gasteiger partial charge in [-0.1, -0.05) is 85.0 Å². The van der Waals surface area contributed by atoms with Crippen molar-refractivity contribution in [3.8, 4) is 11.1 Å². The average molecular weight is 363 g/mol. The van der Waals surface area contributed by atoms with Gasteiger partial charge < -0.3 is 0 Å². The number of hydrogen-bond acceptors (Lipinski definition) is 0. The molecular formula is C28H26. The molecule has 0 aliphatic heterocycles. The Hall–Kier alpha value is -2.86. The molecule has 0 saturated heterocycles. The predicted molar refractivity (Wildman–Crippen MR) is 120 cm³/mol. The zero-order valence-corrected chi connectivity index (χ0v) is 16.3. The van der Waals surface area contributed by atoms with Crippen LogP contribution in [0.15, 0.2) is 85.5 Å². The summed E-state index contributed by atoms with van der Waals surface area (Å²) in [7, 11) is 0. The fraction of sp³-hybridized carbons (Fsp3) is 0.214. The molecule has 0 amide bonds. The van der Waals surface area contributed by atoms with Gasteiger partial charge >= 0.3 is 0 Å². The molecule has 2 aliphatic rings. The van der Waals surface area contributed by atoms with E-state index in [1.54, 1.807) is 11.1 Å². The zero-order valence-electron chi connectivity index (χ0n) is 16.3. The van der Waals surface area contributed by atoms with Crippen molar-refractivity contribution in [2.75, 3.05) is 0 Å². The Morgan fingerprint density at radius 1 is 0.929 bits per heavy atom. The van der Waals surface area contributed by atoms with Crippen LogP contribution in [0.4, 0.5) is 0 Å². The van der Waals surface area contributed by atoms with Gasteiger partial charge in [0.25, 0.3) is 0 Å². The lowest BCUT2D eigenvalue weighted by Gasteiger charge is -2.26. The van der Waals surface area contributed by atoms with E-state index in [-0.39, 0.29) is 0 Å². The van der Waals surface area contributed by atoms with Gasteiger partial charge in [0, 0.05) is 5.92 Å². The lowest BCUT2D eigenvalue weighted by atomic mass is 9.77. The van der Waals surface area contributed by atoms with Crippen LogP contribution in [0.3, 0.4) is 0 Å². The molecule has 2 atom stereocenters. The molecule has 0 saturated carbocycles. The first-order chi connectivity index (χ1) is 13.9. The summed E-state index contributed by atoms with van der Waals surface area (Å²) in [5.74, 6) is 0.986. The van der Waals surface area contributed by atoms with Crippen molar-refractivity contribution in [3.63, 3.8) is 0 Å². The van der Waals surface area contributed by atoms with Gasteiger partial charge in [-0.15, -0.1) is 6.58 Å². The van der Waals surface area contributed by atoms with Crippen LogP contribution >= 0.6 is 0 Å². The van der Waals surface area contributed by atoms with Crippen LogP contribution < -0.4 is 0 Å². The maximum Gasteiger partial charge on any atom is 0.00960 e. The number of fused-ring (bicyclic) bond motifs is 4. The molecule has 0 aromatic heterocycles. The molecule has 0 heteroatoms. The van der Waals surface area contributed by atoms with E-state index in [4.69, 9.17) is 0 Å². The van der Waals surface area contributed by atoms with Crippen molar-refractivity contribution in [1.29, 1.82) is 0 Å². The maximum atomic E-state index is 3.93. The number of rotatable bonds is 6. The van der Waals surface area contributed by atoms with Gasteiger partial charge in [0.05, 0.1) is 0 Å². The van der Waals surface area contributed by atoms with Crippen molar-refractivity contribution in [2.45, 2.75) is 37.5 Å². The molecule has 0 bridgehead atoms. The molecule has 0 nitrogen and oxygen atoms in total. The highest BCUT2D eigenvalue weighted by atomic mass is 14.3.